The molecule has 0 aliphatic heterocycles. The van der Waals surface area contributed by atoms with Crippen molar-refractivity contribution in [2.45, 2.75) is 290 Å². The zero-order chi connectivity index (χ0) is 59.8. The zero-order valence-corrected chi connectivity index (χ0v) is 53.1. The minimum Gasteiger partial charge on any atom is -0.462 e. The predicted molar refractivity (Wildman–Crippen MR) is 343 cm³/mol. The van der Waals surface area contributed by atoms with Gasteiger partial charge in [-0.1, -0.05) is 252 Å². The van der Waals surface area contributed by atoms with Crippen LogP contribution in [0.2, 0.25) is 0 Å². The SMILES string of the molecule is CC/C=C\C/C=C\C/C=C\C/C=C\C/C=C\C/C=C\CCC(=O)OC(COC(=O)CCCCCCCCCCC/C=C\C/C=C\CCCCC)COP(=O)(O)OCC(CO)OC(=O)CCCCCCCCC/C=C\CCCCCCCC. The summed E-state index contributed by atoms with van der Waals surface area (Å²) in [6.07, 6.45) is 77.7. The number of esters is 3. The number of carbonyl (C=O) groups is 3. The highest BCUT2D eigenvalue weighted by Crippen LogP contribution is 2.43. The van der Waals surface area contributed by atoms with E-state index in [-0.39, 0.29) is 25.9 Å². The van der Waals surface area contributed by atoms with Crippen LogP contribution < -0.4 is 0 Å². The molecule has 0 fully saturated rings. The molecule has 3 unspecified atom stereocenters. The van der Waals surface area contributed by atoms with Gasteiger partial charge >= 0.3 is 25.7 Å². The van der Waals surface area contributed by atoms with Gasteiger partial charge in [0.1, 0.15) is 12.7 Å². The molecule has 0 aromatic rings. The normalized spacial score (nSPS) is 14.0. The van der Waals surface area contributed by atoms with Crippen LogP contribution in [0.3, 0.4) is 0 Å². The lowest BCUT2D eigenvalue weighted by Crippen LogP contribution is -2.30. The molecule has 11 nitrogen and oxygen atoms in total. The van der Waals surface area contributed by atoms with Crippen molar-refractivity contribution in [1.29, 1.82) is 0 Å². The molecule has 0 spiro atoms. The Morgan fingerprint density at radius 1 is 0.354 bits per heavy atom. The average Bonchev–Trinajstić information content (AvgIpc) is 3.50. The number of rotatable bonds is 60. The number of hydrogen-bond donors (Lipinski definition) is 2. The molecule has 2 N–H and O–H groups in total. The van der Waals surface area contributed by atoms with Gasteiger partial charge in [0, 0.05) is 19.3 Å². The lowest BCUT2D eigenvalue weighted by molar-refractivity contribution is -0.161. The molecule has 0 aromatic carbocycles. The number of aliphatic hydroxyl groups is 1. The number of ether oxygens (including phenoxy) is 3. The standard InChI is InChI=1S/C70H119O11P/c1-4-7-10-13-16-19-22-25-28-31-33-36-38-41-44-47-50-53-56-59-68(72)77-63-67(81-70(74)61-58-55-52-49-46-43-40-37-34-32-29-26-23-20-17-14-11-8-5-2)65-79-82(75,76)78-64-66(62-71)80-69(73)60-57-54-51-48-45-42-39-35-30-27-24-21-18-15-12-9-6-3/h8,11,16-17,19-20,25-30,34,37,43,46,52,55,66-67,71H,4-7,9-10,12-15,18,21-24,31-33,35-36,38-42,44-45,47-51,53-54,56-65H2,1-3H3,(H,75,76)/b11-8-,19-16-,20-17-,28-25-,29-26-,30-27-,37-34-,46-43-,55-52-. The van der Waals surface area contributed by atoms with Gasteiger partial charge in [0.05, 0.1) is 19.8 Å². The number of phosphoric acid groups is 1. The molecule has 0 amide bonds. The summed E-state index contributed by atoms with van der Waals surface area (Å²) in [4.78, 5) is 48.8. The summed E-state index contributed by atoms with van der Waals surface area (Å²) in [7, 11) is -4.78. The highest BCUT2D eigenvalue weighted by atomic mass is 31.2. The van der Waals surface area contributed by atoms with E-state index in [4.69, 9.17) is 23.3 Å². The molecular formula is C70H119O11P. The number of aliphatic hydroxyl groups excluding tert-OH is 1. The van der Waals surface area contributed by atoms with E-state index in [1.807, 2.05) is 12.2 Å². The lowest BCUT2D eigenvalue weighted by Gasteiger charge is -2.21. The van der Waals surface area contributed by atoms with E-state index in [1.165, 1.54) is 122 Å². The number of carbonyl (C=O) groups excluding carboxylic acids is 3. The van der Waals surface area contributed by atoms with Gasteiger partial charge in [-0.2, -0.15) is 0 Å². The van der Waals surface area contributed by atoms with E-state index in [9.17, 15) is 28.9 Å². The Balaban J connectivity index is 4.81. The van der Waals surface area contributed by atoms with Crippen LogP contribution in [0.5, 0.6) is 0 Å². The van der Waals surface area contributed by atoms with Gasteiger partial charge in [0.2, 0.25) is 0 Å². The van der Waals surface area contributed by atoms with Crippen molar-refractivity contribution in [3.63, 3.8) is 0 Å². The Bertz CT molecular complexity index is 1790. The van der Waals surface area contributed by atoms with E-state index in [0.29, 0.717) is 25.7 Å². The quantitative estimate of drug-likeness (QED) is 0.0197. The minimum atomic E-state index is -4.78. The Morgan fingerprint density at radius 3 is 1.09 bits per heavy atom. The Kier molecular flexibility index (Phi) is 60.2. The van der Waals surface area contributed by atoms with Crippen molar-refractivity contribution in [3.8, 4) is 0 Å². The smallest absolute Gasteiger partial charge is 0.462 e. The van der Waals surface area contributed by atoms with Crippen molar-refractivity contribution >= 4 is 25.7 Å². The molecule has 82 heavy (non-hydrogen) atoms. The largest absolute Gasteiger partial charge is 0.472 e. The van der Waals surface area contributed by atoms with Gasteiger partial charge in [0.25, 0.3) is 0 Å². The molecule has 3 atom stereocenters. The van der Waals surface area contributed by atoms with Crippen molar-refractivity contribution in [2.75, 3.05) is 26.4 Å². The molecule has 0 rings (SSSR count). The summed E-state index contributed by atoms with van der Waals surface area (Å²) in [6.45, 7) is 4.44. The first-order chi connectivity index (χ1) is 40.2. The van der Waals surface area contributed by atoms with Crippen LogP contribution in [-0.2, 0) is 42.2 Å². The number of hydrogen-bond acceptors (Lipinski definition) is 10. The second kappa shape index (κ2) is 63.2. The Labute approximate surface area is 501 Å². The number of allylic oxidation sites excluding steroid dienone is 18. The molecule has 0 saturated heterocycles. The van der Waals surface area contributed by atoms with Gasteiger partial charge < -0.3 is 24.2 Å². The maximum absolute atomic E-state index is 13.0. The summed E-state index contributed by atoms with van der Waals surface area (Å²) in [6, 6.07) is 0. The first-order valence-corrected chi connectivity index (χ1v) is 34.3. The first-order valence-electron chi connectivity index (χ1n) is 32.8. The van der Waals surface area contributed by atoms with E-state index >= 15 is 0 Å². The molecule has 0 saturated carbocycles. The molecule has 0 aromatic heterocycles. The molecule has 0 heterocycles. The van der Waals surface area contributed by atoms with E-state index < -0.39 is 57.8 Å². The van der Waals surface area contributed by atoms with E-state index in [2.05, 4.69) is 118 Å². The van der Waals surface area contributed by atoms with E-state index in [0.717, 1.165) is 89.9 Å². The molecule has 470 valence electrons. The topological polar surface area (TPSA) is 155 Å². The van der Waals surface area contributed by atoms with E-state index in [1.54, 1.807) is 0 Å². The second-order valence-corrected chi connectivity index (χ2v) is 23.0. The van der Waals surface area contributed by atoms with Gasteiger partial charge in [-0.3, -0.25) is 23.4 Å². The van der Waals surface area contributed by atoms with Crippen LogP contribution in [0.1, 0.15) is 278 Å². The monoisotopic (exact) mass is 1170 g/mol. The summed E-state index contributed by atoms with van der Waals surface area (Å²) < 4.78 is 39.6. The third kappa shape index (κ3) is 60.7. The number of unbranched alkanes of at least 4 members (excludes halogenated alkanes) is 25. The van der Waals surface area contributed by atoms with Crippen LogP contribution in [0, 0.1) is 0 Å². The Hall–Kier alpha value is -3.86. The summed E-state index contributed by atoms with van der Waals surface area (Å²) in [5, 5.41) is 9.86. The highest BCUT2D eigenvalue weighted by molar-refractivity contribution is 7.47. The maximum Gasteiger partial charge on any atom is 0.472 e. The average molecular weight is 1170 g/mol. The lowest BCUT2D eigenvalue weighted by atomic mass is 10.1. The Morgan fingerprint density at radius 2 is 0.659 bits per heavy atom. The first kappa shape index (κ1) is 78.1. The molecule has 0 radical (unpaired) electrons. The highest BCUT2D eigenvalue weighted by Gasteiger charge is 2.28. The van der Waals surface area contributed by atoms with Gasteiger partial charge in [-0.25, -0.2) is 4.57 Å². The molecule has 12 heteroatoms. The van der Waals surface area contributed by atoms with Crippen LogP contribution in [-0.4, -0.2) is 66.5 Å². The summed E-state index contributed by atoms with van der Waals surface area (Å²) in [5.41, 5.74) is 0. The van der Waals surface area contributed by atoms with Gasteiger partial charge in [-0.05, 0) is 116 Å². The van der Waals surface area contributed by atoms with Crippen molar-refractivity contribution < 1.29 is 52.2 Å². The fourth-order valence-electron chi connectivity index (χ4n) is 8.70. The predicted octanol–water partition coefficient (Wildman–Crippen LogP) is 20.1. The zero-order valence-electron chi connectivity index (χ0n) is 52.2. The van der Waals surface area contributed by atoms with Gasteiger partial charge in [-0.15, -0.1) is 0 Å². The van der Waals surface area contributed by atoms with Crippen LogP contribution >= 0.6 is 7.82 Å². The third-order valence-electron chi connectivity index (χ3n) is 13.7. The second-order valence-electron chi connectivity index (χ2n) is 21.5. The fourth-order valence-corrected chi connectivity index (χ4v) is 9.49. The molecule has 0 bridgehead atoms. The van der Waals surface area contributed by atoms with Crippen LogP contribution in [0.15, 0.2) is 109 Å². The molecule has 0 aliphatic carbocycles. The molecule has 0 aliphatic rings. The third-order valence-corrected chi connectivity index (χ3v) is 14.6. The van der Waals surface area contributed by atoms with Crippen molar-refractivity contribution in [1.82, 2.24) is 0 Å². The minimum absolute atomic E-state index is 0.0373. The fraction of sp³-hybridized carbons (Fsp3) is 0.700. The maximum atomic E-state index is 13.0. The van der Waals surface area contributed by atoms with Crippen molar-refractivity contribution in [2.24, 2.45) is 0 Å². The van der Waals surface area contributed by atoms with Gasteiger partial charge in [0.15, 0.2) is 6.10 Å². The molecular weight excluding hydrogens is 1050 g/mol. The van der Waals surface area contributed by atoms with Crippen molar-refractivity contribution in [3.05, 3.63) is 109 Å². The summed E-state index contributed by atoms with van der Waals surface area (Å²) in [5.74, 6) is -1.57. The number of phosphoric ester groups is 1. The summed E-state index contributed by atoms with van der Waals surface area (Å²) >= 11 is 0. The van der Waals surface area contributed by atoms with Crippen LogP contribution in [0.25, 0.3) is 0 Å². The van der Waals surface area contributed by atoms with Crippen LogP contribution in [0.4, 0.5) is 0 Å².